The fourth-order valence-corrected chi connectivity index (χ4v) is 2.95. The van der Waals surface area contributed by atoms with E-state index in [1.54, 1.807) is 0 Å². The van der Waals surface area contributed by atoms with Crippen molar-refractivity contribution < 1.29 is 0 Å². The summed E-state index contributed by atoms with van der Waals surface area (Å²) < 4.78 is 0. The lowest BCUT2D eigenvalue weighted by Gasteiger charge is -2.11. The summed E-state index contributed by atoms with van der Waals surface area (Å²) in [5.41, 5.74) is 1.43. The van der Waals surface area contributed by atoms with Crippen LogP contribution in [0.3, 0.4) is 0 Å². The van der Waals surface area contributed by atoms with Gasteiger partial charge >= 0.3 is 0 Å². The van der Waals surface area contributed by atoms with Gasteiger partial charge in [-0.1, -0.05) is 30.3 Å². The molecule has 1 N–H and O–H groups in total. The Morgan fingerprint density at radius 3 is 2.56 bits per heavy atom. The van der Waals surface area contributed by atoms with E-state index in [2.05, 4.69) is 61.6 Å². The topological polar surface area (TPSA) is 12.0 Å². The summed E-state index contributed by atoms with van der Waals surface area (Å²) in [6.45, 7) is 5.48. The van der Waals surface area contributed by atoms with E-state index in [0.29, 0.717) is 6.04 Å². The van der Waals surface area contributed by atoms with Gasteiger partial charge in [0, 0.05) is 15.8 Å². The SMILES string of the molecule is Cc1ccc(C(C)NCCCc2ccccc2)s1. The highest BCUT2D eigenvalue weighted by Crippen LogP contribution is 2.22. The van der Waals surface area contributed by atoms with Crippen LogP contribution in [-0.2, 0) is 6.42 Å². The first-order chi connectivity index (χ1) is 8.75. The molecule has 0 aliphatic rings. The Hall–Kier alpha value is -1.12. The molecule has 96 valence electrons. The summed E-state index contributed by atoms with van der Waals surface area (Å²) in [5, 5.41) is 3.59. The summed E-state index contributed by atoms with van der Waals surface area (Å²) >= 11 is 1.89. The van der Waals surface area contributed by atoms with Crippen molar-refractivity contribution in [2.75, 3.05) is 6.54 Å². The van der Waals surface area contributed by atoms with Crippen LogP contribution in [0, 0.1) is 6.92 Å². The summed E-state index contributed by atoms with van der Waals surface area (Å²) in [5.74, 6) is 0. The zero-order chi connectivity index (χ0) is 12.8. The Balaban J connectivity index is 1.69. The molecule has 0 saturated carbocycles. The molecule has 1 aromatic heterocycles. The van der Waals surface area contributed by atoms with E-state index in [0.717, 1.165) is 13.0 Å². The average Bonchev–Trinajstić information content (AvgIpc) is 2.82. The highest BCUT2D eigenvalue weighted by atomic mass is 32.1. The van der Waals surface area contributed by atoms with Crippen molar-refractivity contribution in [3.63, 3.8) is 0 Å². The van der Waals surface area contributed by atoms with Crippen molar-refractivity contribution in [3.05, 3.63) is 57.8 Å². The summed E-state index contributed by atoms with van der Waals surface area (Å²) in [6.07, 6.45) is 2.35. The van der Waals surface area contributed by atoms with Gasteiger partial charge in [-0.3, -0.25) is 0 Å². The Morgan fingerprint density at radius 1 is 1.11 bits per heavy atom. The van der Waals surface area contributed by atoms with Gasteiger partial charge in [0.1, 0.15) is 0 Å². The van der Waals surface area contributed by atoms with Crippen LogP contribution in [0.25, 0.3) is 0 Å². The standard InChI is InChI=1S/C16H21NS/c1-13-10-11-16(18-13)14(2)17-12-6-9-15-7-4-3-5-8-15/h3-5,7-8,10-11,14,17H,6,9,12H2,1-2H3. The number of aryl methyl sites for hydroxylation is 2. The third-order valence-electron chi connectivity index (χ3n) is 3.12. The molecule has 1 unspecified atom stereocenters. The van der Waals surface area contributed by atoms with Crippen LogP contribution in [0.4, 0.5) is 0 Å². The molecule has 2 aromatic rings. The quantitative estimate of drug-likeness (QED) is 0.761. The number of benzene rings is 1. The van der Waals surface area contributed by atoms with E-state index in [1.165, 1.54) is 21.7 Å². The molecule has 0 aliphatic heterocycles. The molecule has 1 aromatic carbocycles. The summed E-state index contributed by atoms with van der Waals surface area (Å²) in [6, 6.07) is 15.6. The molecule has 2 heteroatoms. The number of thiophene rings is 1. The lowest BCUT2D eigenvalue weighted by molar-refractivity contribution is 0.565. The predicted octanol–water partition coefficient (Wildman–Crippen LogP) is 4.34. The van der Waals surface area contributed by atoms with Crippen LogP contribution in [-0.4, -0.2) is 6.54 Å². The summed E-state index contributed by atoms with van der Waals surface area (Å²) in [4.78, 5) is 2.83. The van der Waals surface area contributed by atoms with Crippen molar-refractivity contribution in [2.45, 2.75) is 32.7 Å². The van der Waals surface area contributed by atoms with Crippen LogP contribution in [0.5, 0.6) is 0 Å². The lowest BCUT2D eigenvalue weighted by atomic mass is 10.1. The first kappa shape index (κ1) is 13.3. The van der Waals surface area contributed by atoms with Gasteiger partial charge in [-0.15, -0.1) is 11.3 Å². The summed E-state index contributed by atoms with van der Waals surface area (Å²) in [7, 11) is 0. The Morgan fingerprint density at radius 2 is 1.89 bits per heavy atom. The van der Waals surface area contributed by atoms with Crippen LogP contribution in [0.1, 0.15) is 34.7 Å². The zero-order valence-corrected chi connectivity index (χ0v) is 12.0. The second kappa shape index (κ2) is 6.72. The molecular weight excluding hydrogens is 238 g/mol. The fourth-order valence-electron chi connectivity index (χ4n) is 2.04. The minimum atomic E-state index is 0.472. The molecule has 1 nitrogen and oxygen atoms in total. The normalized spacial score (nSPS) is 12.6. The fraction of sp³-hybridized carbons (Fsp3) is 0.375. The zero-order valence-electron chi connectivity index (χ0n) is 11.1. The monoisotopic (exact) mass is 259 g/mol. The van der Waals surface area contributed by atoms with Gasteiger partial charge in [0.15, 0.2) is 0 Å². The van der Waals surface area contributed by atoms with E-state index >= 15 is 0 Å². The molecule has 0 radical (unpaired) electrons. The number of hydrogen-bond donors (Lipinski definition) is 1. The average molecular weight is 259 g/mol. The first-order valence-electron chi connectivity index (χ1n) is 6.59. The van der Waals surface area contributed by atoms with Gasteiger partial charge in [0.2, 0.25) is 0 Å². The Kier molecular flexibility index (Phi) is 4.97. The predicted molar refractivity (Wildman–Crippen MR) is 80.2 cm³/mol. The van der Waals surface area contributed by atoms with Crippen LogP contribution in [0.2, 0.25) is 0 Å². The maximum absolute atomic E-state index is 3.59. The molecule has 0 spiro atoms. The van der Waals surface area contributed by atoms with Crippen LogP contribution in [0.15, 0.2) is 42.5 Å². The van der Waals surface area contributed by atoms with Gasteiger partial charge in [-0.2, -0.15) is 0 Å². The maximum Gasteiger partial charge on any atom is 0.0386 e. The van der Waals surface area contributed by atoms with Crippen LogP contribution >= 0.6 is 11.3 Å². The van der Waals surface area contributed by atoms with E-state index in [-0.39, 0.29) is 0 Å². The highest BCUT2D eigenvalue weighted by Gasteiger charge is 2.06. The van der Waals surface area contributed by atoms with E-state index in [9.17, 15) is 0 Å². The molecule has 0 aliphatic carbocycles. The first-order valence-corrected chi connectivity index (χ1v) is 7.41. The second-order valence-corrected chi connectivity index (χ2v) is 6.03. The molecule has 2 rings (SSSR count). The minimum absolute atomic E-state index is 0.472. The third-order valence-corrected chi connectivity index (χ3v) is 4.31. The number of nitrogens with one attached hydrogen (secondary N) is 1. The highest BCUT2D eigenvalue weighted by molar-refractivity contribution is 7.12. The molecule has 0 bridgehead atoms. The smallest absolute Gasteiger partial charge is 0.0386 e. The largest absolute Gasteiger partial charge is 0.309 e. The molecule has 18 heavy (non-hydrogen) atoms. The van der Waals surface area contributed by atoms with Gasteiger partial charge in [-0.25, -0.2) is 0 Å². The van der Waals surface area contributed by atoms with Crippen molar-refractivity contribution in [1.29, 1.82) is 0 Å². The molecule has 0 saturated heterocycles. The van der Waals surface area contributed by atoms with Gasteiger partial charge in [0.05, 0.1) is 0 Å². The van der Waals surface area contributed by atoms with Gasteiger partial charge < -0.3 is 5.32 Å². The molecule has 1 atom stereocenters. The number of rotatable bonds is 6. The van der Waals surface area contributed by atoms with Gasteiger partial charge in [-0.05, 0) is 50.9 Å². The molecule has 1 heterocycles. The van der Waals surface area contributed by atoms with E-state index in [4.69, 9.17) is 0 Å². The van der Waals surface area contributed by atoms with E-state index in [1.807, 2.05) is 11.3 Å². The van der Waals surface area contributed by atoms with Crippen LogP contribution < -0.4 is 5.32 Å². The maximum atomic E-state index is 3.59. The van der Waals surface area contributed by atoms with Crippen molar-refractivity contribution in [1.82, 2.24) is 5.32 Å². The lowest BCUT2D eigenvalue weighted by Crippen LogP contribution is -2.19. The third kappa shape index (κ3) is 3.97. The second-order valence-electron chi connectivity index (χ2n) is 4.71. The van der Waals surface area contributed by atoms with E-state index < -0.39 is 0 Å². The van der Waals surface area contributed by atoms with Crippen molar-refractivity contribution in [3.8, 4) is 0 Å². The van der Waals surface area contributed by atoms with Crippen molar-refractivity contribution in [2.24, 2.45) is 0 Å². The molecular formula is C16H21NS. The molecule has 0 amide bonds. The van der Waals surface area contributed by atoms with Gasteiger partial charge in [0.25, 0.3) is 0 Å². The molecule has 0 fully saturated rings. The Bertz CT molecular complexity index is 461. The number of hydrogen-bond acceptors (Lipinski definition) is 2. The van der Waals surface area contributed by atoms with Crippen molar-refractivity contribution >= 4 is 11.3 Å². The Labute approximate surface area is 114 Å². The minimum Gasteiger partial charge on any atom is -0.309 e.